The van der Waals surface area contributed by atoms with Crippen molar-refractivity contribution in [2.24, 2.45) is 0 Å². The van der Waals surface area contributed by atoms with Crippen LogP contribution in [0.3, 0.4) is 0 Å². The Labute approximate surface area is 127 Å². The lowest BCUT2D eigenvalue weighted by Crippen LogP contribution is -2.25. The van der Waals surface area contributed by atoms with Gasteiger partial charge in [-0.15, -0.1) is 0 Å². The molecule has 2 fully saturated rings. The molecule has 1 aliphatic heterocycles. The number of hydrogen-bond acceptors (Lipinski definition) is 4. The van der Waals surface area contributed by atoms with E-state index in [4.69, 9.17) is 14.7 Å². The third-order valence-electron chi connectivity index (χ3n) is 4.77. The molecule has 2 heterocycles. The average molecular weight is 289 g/mol. The van der Waals surface area contributed by atoms with E-state index in [1.54, 1.807) is 0 Å². The monoisotopic (exact) mass is 289 g/mol. The highest BCUT2D eigenvalue weighted by Crippen LogP contribution is 2.37. The Bertz CT molecular complexity index is 477. The van der Waals surface area contributed by atoms with Gasteiger partial charge in [0.25, 0.3) is 0 Å². The molecule has 4 heteroatoms. The maximum atomic E-state index is 5.95. The summed E-state index contributed by atoms with van der Waals surface area (Å²) in [6, 6.07) is 2.16. The molecule has 1 aromatic rings. The SMILES string of the molecule is CCCNc1cc(C2CCCC2)nc(C2(C)CCCO2)n1. The third kappa shape index (κ3) is 3.20. The van der Waals surface area contributed by atoms with Crippen molar-refractivity contribution in [1.29, 1.82) is 0 Å². The van der Waals surface area contributed by atoms with Crippen LogP contribution in [0.2, 0.25) is 0 Å². The van der Waals surface area contributed by atoms with Crippen LogP contribution in [0.15, 0.2) is 6.07 Å². The molecule has 0 amide bonds. The fraction of sp³-hybridized carbons (Fsp3) is 0.765. The molecule has 116 valence electrons. The van der Waals surface area contributed by atoms with Gasteiger partial charge >= 0.3 is 0 Å². The smallest absolute Gasteiger partial charge is 0.162 e. The Hall–Kier alpha value is -1.16. The molecule has 1 N–H and O–H groups in total. The quantitative estimate of drug-likeness (QED) is 0.890. The number of rotatable bonds is 5. The molecule has 1 aromatic heterocycles. The van der Waals surface area contributed by atoms with Crippen molar-refractivity contribution in [2.75, 3.05) is 18.5 Å². The molecular formula is C17H27N3O. The lowest BCUT2D eigenvalue weighted by atomic mass is 9.99. The zero-order valence-electron chi connectivity index (χ0n) is 13.3. The zero-order chi connectivity index (χ0) is 14.7. The highest BCUT2D eigenvalue weighted by molar-refractivity contribution is 5.38. The molecule has 0 aromatic carbocycles. The summed E-state index contributed by atoms with van der Waals surface area (Å²) in [6.45, 7) is 6.09. The van der Waals surface area contributed by atoms with E-state index in [1.807, 2.05) is 0 Å². The predicted octanol–water partition coefficient (Wildman–Crippen LogP) is 3.98. The number of aromatic nitrogens is 2. The topological polar surface area (TPSA) is 47.0 Å². The second-order valence-corrected chi connectivity index (χ2v) is 6.59. The van der Waals surface area contributed by atoms with Gasteiger partial charge in [0, 0.05) is 30.8 Å². The van der Waals surface area contributed by atoms with Gasteiger partial charge in [-0.05, 0) is 39.0 Å². The van der Waals surface area contributed by atoms with E-state index in [0.717, 1.165) is 44.1 Å². The molecule has 1 unspecified atom stereocenters. The van der Waals surface area contributed by atoms with Gasteiger partial charge < -0.3 is 10.1 Å². The van der Waals surface area contributed by atoms with Gasteiger partial charge in [0.15, 0.2) is 5.82 Å². The van der Waals surface area contributed by atoms with Crippen LogP contribution in [0.5, 0.6) is 0 Å². The largest absolute Gasteiger partial charge is 0.370 e. The summed E-state index contributed by atoms with van der Waals surface area (Å²) in [5.74, 6) is 2.46. The summed E-state index contributed by atoms with van der Waals surface area (Å²) >= 11 is 0. The molecule has 4 nitrogen and oxygen atoms in total. The Morgan fingerprint density at radius 1 is 1.29 bits per heavy atom. The minimum Gasteiger partial charge on any atom is -0.370 e. The molecule has 3 rings (SSSR count). The van der Waals surface area contributed by atoms with Gasteiger partial charge in [-0.3, -0.25) is 0 Å². The van der Waals surface area contributed by atoms with Crippen LogP contribution in [0.25, 0.3) is 0 Å². The fourth-order valence-corrected chi connectivity index (χ4v) is 3.43. The Balaban J connectivity index is 1.91. The Morgan fingerprint density at radius 2 is 2.10 bits per heavy atom. The number of anilines is 1. The lowest BCUT2D eigenvalue weighted by Gasteiger charge is -2.23. The molecule has 1 atom stereocenters. The van der Waals surface area contributed by atoms with Crippen molar-refractivity contribution in [1.82, 2.24) is 9.97 Å². The highest BCUT2D eigenvalue weighted by atomic mass is 16.5. The number of ether oxygens (including phenoxy) is 1. The summed E-state index contributed by atoms with van der Waals surface area (Å²) in [5, 5.41) is 3.43. The summed E-state index contributed by atoms with van der Waals surface area (Å²) < 4.78 is 5.95. The third-order valence-corrected chi connectivity index (χ3v) is 4.77. The van der Waals surface area contributed by atoms with Gasteiger partial charge in [-0.2, -0.15) is 0 Å². The highest BCUT2D eigenvalue weighted by Gasteiger charge is 2.36. The normalized spacial score (nSPS) is 26.4. The minimum atomic E-state index is -0.294. The first-order valence-electron chi connectivity index (χ1n) is 8.48. The van der Waals surface area contributed by atoms with Gasteiger partial charge in [0.1, 0.15) is 11.4 Å². The summed E-state index contributed by atoms with van der Waals surface area (Å²) in [4.78, 5) is 9.65. The molecule has 0 radical (unpaired) electrons. The van der Waals surface area contributed by atoms with E-state index in [2.05, 4.69) is 25.2 Å². The predicted molar refractivity (Wildman–Crippen MR) is 84.6 cm³/mol. The summed E-state index contributed by atoms with van der Waals surface area (Å²) in [7, 11) is 0. The Morgan fingerprint density at radius 3 is 2.76 bits per heavy atom. The van der Waals surface area contributed by atoms with Gasteiger partial charge in [0.2, 0.25) is 0 Å². The van der Waals surface area contributed by atoms with Crippen LogP contribution in [0.1, 0.15) is 76.2 Å². The first-order valence-corrected chi connectivity index (χ1v) is 8.48. The van der Waals surface area contributed by atoms with Crippen LogP contribution in [0.4, 0.5) is 5.82 Å². The van der Waals surface area contributed by atoms with Crippen molar-refractivity contribution in [3.8, 4) is 0 Å². The molecule has 0 bridgehead atoms. The van der Waals surface area contributed by atoms with Crippen LogP contribution < -0.4 is 5.32 Å². The van der Waals surface area contributed by atoms with Gasteiger partial charge in [-0.25, -0.2) is 9.97 Å². The van der Waals surface area contributed by atoms with Crippen molar-refractivity contribution < 1.29 is 4.74 Å². The van der Waals surface area contributed by atoms with E-state index >= 15 is 0 Å². The van der Waals surface area contributed by atoms with Crippen LogP contribution in [-0.2, 0) is 10.3 Å². The van der Waals surface area contributed by atoms with Crippen molar-refractivity contribution >= 4 is 5.82 Å². The van der Waals surface area contributed by atoms with E-state index in [-0.39, 0.29) is 5.60 Å². The standard InChI is InChI=1S/C17H27N3O/c1-3-10-18-15-12-14(13-7-4-5-8-13)19-16(20-15)17(2)9-6-11-21-17/h12-13H,3-11H2,1-2H3,(H,18,19,20). The first kappa shape index (κ1) is 14.8. The molecule has 2 aliphatic rings. The van der Waals surface area contributed by atoms with Crippen molar-refractivity contribution in [3.05, 3.63) is 17.6 Å². The summed E-state index contributed by atoms with van der Waals surface area (Å²) in [5.41, 5.74) is 0.921. The number of hydrogen-bond donors (Lipinski definition) is 1. The van der Waals surface area contributed by atoms with Crippen molar-refractivity contribution in [2.45, 2.75) is 70.3 Å². The van der Waals surface area contributed by atoms with Gasteiger partial charge in [0.05, 0.1) is 0 Å². The summed E-state index contributed by atoms with van der Waals surface area (Å²) in [6.07, 6.45) is 8.42. The van der Waals surface area contributed by atoms with Gasteiger partial charge in [-0.1, -0.05) is 19.8 Å². The maximum Gasteiger partial charge on any atom is 0.162 e. The molecule has 21 heavy (non-hydrogen) atoms. The van der Waals surface area contributed by atoms with E-state index in [9.17, 15) is 0 Å². The molecule has 0 spiro atoms. The van der Waals surface area contributed by atoms with E-state index in [0.29, 0.717) is 5.92 Å². The lowest BCUT2D eigenvalue weighted by molar-refractivity contribution is 0.00921. The molecule has 1 saturated carbocycles. The van der Waals surface area contributed by atoms with Crippen LogP contribution in [0, 0.1) is 0 Å². The minimum absolute atomic E-state index is 0.294. The van der Waals surface area contributed by atoms with Crippen molar-refractivity contribution in [3.63, 3.8) is 0 Å². The molecule has 1 saturated heterocycles. The second kappa shape index (κ2) is 6.30. The number of nitrogens with zero attached hydrogens (tertiary/aromatic N) is 2. The maximum absolute atomic E-state index is 5.95. The fourth-order valence-electron chi connectivity index (χ4n) is 3.43. The van der Waals surface area contributed by atoms with Crippen LogP contribution in [-0.4, -0.2) is 23.1 Å². The molecular weight excluding hydrogens is 262 g/mol. The van der Waals surface area contributed by atoms with Crippen LogP contribution >= 0.6 is 0 Å². The second-order valence-electron chi connectivity index (χ2n) is 6.59. The van der Waals surface area contributed by atoms with E-state index < -0.39 is 0 Å². The number of nitrogens with one attached hydrogen (secondary N) is 1. The van der Waals surface area contributed by atoms with E-state index in [1.165, 1.54) is 31.4 Å². The first-order chi connectivity index (χ1) is 10.2. The average Bonchev–Trinajstić information content (AvgIpc) is 3.17. The Kier molecular flexibility index (Phi) is 4.43. The zero-order valence-corrected chi connectivity index (χ0v) is 13.3. The molecule has 1 aliphatic carbocycles.